The van der Waals surface area contributed by atoms with E-state index in [1.807, 2.05) is 20.8 Å². The summed E-state index contributed by atoms with van der Waals surface area (Å²) >= 11 is 0. The van der Waals surface area contributed by atoms with Gasteiger partial charge < -0.3 is 23.7 Å². The van der Waals surface area contributed by atoms with Gasteiger partial charge in [-0.25, -0.2) is 0 Å². The number of aliphatic hydroxyl groups is 1. The molecule has 1 N–H and O–H groups in total. The lowest BCUT2D eigenvalue weighted by atomic mass is 9.99. The molecule has 0 bridgehead atoms. The molecule has 0 spiro atoms. The number of hydrogen-bond donors (Lipinski definition) is 1. The molecule has 5 nitrogen and oxygen atoms in total. The van der Waals surface area contributed by atoms with Crippen LogP contribution in [0.2, 0.25) is 18.1 Å². The van der Waals surface area contributed by atoms with Crippen molar-refractivity contribution in [3.05, 3.63) is 0 Å². The summed E-state index contributed by atoms with van der Waals surface area (Å²) in [6.07, 6.45) is -1.87. The first-order chi connectivity index (χ1) is 9.84. The fourth-order valence-electron chi connectivity index (χ4n) is 2.64. The molecule has 0 aromatic carbocycles. The molecular formula is C16H32O5Si. The van der Waals surface area contributed by atoms with E-state index in [-0.39, 0.29) is 17.1 Å². The summed E-state index contributed by atoms with van der Waals surface area (Å²) in [6.45, 7) is 17.4. The maximum atomic E-state index is 10.5. The predicted octanol–water partition coefficient (Wildman–Crippen LogP) is 2.88. The minimum Gasteiger partial charge on any atom is -0.416 e. The van der Waals surface area contributed by atoms with Gasteiger partial charge in [0.05, 0.1) is 6.10 Å². The highest BCUT2D eigenvalue weighted by molar-refractivity contribution is 6.74. The molecule has 0 aromatic heterocycles. The number of aliphatic hydroxyl groups excluding tert-OH is 1. The summed E-state index contributed by atoms with van der Waals surface area (Å²) in [7, 11) is -1.79. The van der Waals surface area contributed by atoms with Crippen LogP contribution >= 0.6 is 0 Å². The van der Waals surface area contributed by atoms with Gasteiger partial charge in [0.1, 0.15) is 12.2 Å². The molecule has 2 aliphatic heterocycles. The Balaban J connectivity index is 1.91. The number of hydrogen-bond acceptors (Lipinski definition) is 5. The second kappa shape index (κ2) is 5.83. The van der Waals surface area contributed by atoms with Crippen LogP contribution < -0.4 is 0 Å². The van der Waals surface area contributed by atoms with Gasteiger partial charge in [0.15, 0.2) is 20.4 Å². The molecule has 2 rings (SSSR count). The molecule has 6 heteroatoms. The Morgan fingerprint density at radius 3 is 2.32 bits per heavy atom. The second-order valence-electron chi connectivity index (χ2n) is 8.61. The highest BCUT2D eigenvalue weighted by atomic mass is 28.4. The maximum absolute atomic E-state index is 10.5. The molecule has 2 saturated heterocycles. The Bertz CT molecular complexity index is 404. The van der Waals surface area contributed by atoms with Crippen LogP contribution in [0.5, 0.6) is 0 Å². The molecule has 0 radical (unpaired) electrons. The summed E-state index contributed by atoms with van der Waals surface area (Å²) in [4.78, 5) is 0. The Morgan fingerprint density at radius 1 is 1.23 bits per heavy atom. The minimum absolute atomic E-state index is 0.0880. The van der Waals surface area contributed by atoms with Crippen molar-refractivity contribution in [2.75, 3.05) is 6.61 Å². The van der Waals surface area contributed by atoms with E-state index in [2.05, 4.69) is 33.9 Å². The van der Waals surface area contributed by atoms with E-state index in [4.69, 9.17) is 18.6 Å². The number of rotatable bonds is 4. The Hall–Kier alpha value is 0.0169. The predicted molar refractivity (Wildman–Crippen MR) is 87.0 cm³/mol. The van der Waals surface area contributed by atoms with Gasteiger partial charge in [-0.05, 0) is 32.0 Å². The highest BCUT2D eigenvalue weighted by Crippen LogP contribution is 2.40. The SMILES string of the molecule is C[C@@H](CO[Si](C)(C)C(C)(C)C)[C@H]1O[C@@H]2OC(C)(C)O[C@@H]2[C@H]1O. The Kier molecular flexibility index (Phi) is 4.86. The molecule has 0 amide bonds. The van der Waals surface area contributed by atoms with E-state index < -0.39 is 32.6 Å². The van der Waals surface area contributed by atoms with E-state index in [0.717, 1.165) is 0 Å². The fraction of sp³-hybridized carbons (Fsp3) is 1.00. The van der Waals surface area contributed by atoms with Crippen molar-refractivity contribution in [3.8, 4) is 0 Å². The zero-order valence-corrected chi connectivity index (χ0v) is 16.2. The first kappa shape index (κ1) is 18.4. The summed E-state index contributed by atoms with van der Waals surface area (Å²) in [5, 5.41) is 10.7. The lowest BCUT2D eigenvalue weighted by Gasteiger charge is -2.37. The molecule has 5 atom stereocenters. The molecule has 0 aromatic rings. The van der Waals surface area contributed by atoms with Gasteiger partial charge in [0.2, 0.25) is 0 Å². The molecule has 2 aliphatic rings. The third-order valence-corrected chi connectivity index (χ3v) is 9.63. The van der Waals surface area contributed by atoms with E-state index in [0.29, 0.717) is 6.61 Å². The smallest absolute Gasteiger partial charge is 0.191 e. The molecule has 0 saturated carbocycles. The van der Waals surface area contributed by atoms with E-state index in [9.17, 15) is 5.11 Å². The highest BCUT2D eigenvalue weighted by Gasteiger charge is 2.55. The van der Waals surface area contributed by atoms with Crippen molar-refractivity contribution in [2.45, 2.75) is 90.1 Å². The van der Waals surface area contributed by atoms with Gasteiger partial charge in [0, 0.05) is 12.5 Å². The van der Waals surface area contributed by atoms with Crippen LogP contribution in [-0.4, -0.2) is 50.4 Å². The fourth-order valence-corrected chi connectivity index (χ4v) is 3.75. The third-order valence-electron chi connectivity index (χ3n) is 5.13. The van der Waals surface area contributed by atoms with Gasteiger partial charge >= 0.3 is 0 Å². The molecule has 2 fully saturated rings. The van der Waals surface area contributed by atoms with E-state index in [1.165, 1.54) is 0 Å². The van der Waals surface area contributed by atoms with Gasteiger partial charge in [-0.2, -0.15) is 0 Å². The average Bonchev–Trinajstić information content (AvgIpc) is 2.79. The second-order valence-corrected chi connectivity index (χ2v) is 13.4. The van der Waals surface area contributed by atoms with Crippen molar-refractivity contribution in [3.63, 3.8) is 0 Å². The molecule has 0 unspecified atom stereocenters. The third kappa shape index (κ3) is 3.57. The summed E-state index contributed by atoms with van der Waals surface area (Å²) in [5.74, 6) is -0.604. The van der Waals surface area contributed by atoms with Crippen molar-refractivity contribution in [2.24, 2.45) is 5.92 Å². The number of ether oxygens (including phenoxy) is 3. The van der Waals surface area contributed by atoms with Gasteiger partial charge in [-0.3, -0.25) is 0 Å². The monoisotopic (exact) mass is 332 g/mol. The van der Waals surface area contributed by atoms with Crippen molar-refractivity contribution >= 4 is 8.32 Å². The van der Waals surface area contributed by atoms with Crippen LogP contribution in [0.25, 0.3) is 0 Å². The van der Waals surface area contributed by atoms with Crippen LogP contribution in [-0.2, 0) is 18.6 Å². The molecule has 2 heterocycles. The lowest BCUT2D eigenvalue weighted by molar-refractivity contribution is -0.221. The lowest BCUT2D eigenvalue weighted by Crippen LogP contribution is -2.44. The largest absolute Gasteiger partial charge is 0.416 e. The first-order valence-corrected chi connectivity index (χ1v) is 11.1. The molecular weight excluding hydrogens is 300 g/mol. The van der Waals surface area contributed by atoms with Crippen molar-refractivity contribution in [1.82, 2.24) is 0 Å². The minimum atomic E-state index is -1.79. The van der Waals surface area contributed by atoms with Gasteiger partial charge in [-0.15, -0.1) is 0 Å². The quantitative estimate of drug-likeness (QED) is 0.802. The van der Waals surface area contributed by atoms with E-state index >= 15 is 0 Å². The summed E-state index contributed by atoms with van der Waals surface area (Å²) < 4.78 is 23.6. The van der Waals surface area contributed by atoms with Crippen molar-refractivity contribution in [1.29, 1.82) is 0 Å². The van der Waals surface area contributed by atoms with Crippen LogP contribution in [0, 0.1) is 5.92 Å². The molecule has 0 aliphatic carbocycles. The molecule has 22 heavy (non-hydrogen) atoms. The maximum Gasteiger partial charge on any atom is 0.191 e. The summed E-state index contributed by atoms with van der Waals surface area (Å²) in [5.41, 5.74) is 0. The zero-order chi connectivity index (χ0) is 16.9. The van der Waals surface area contributed by atoms with Gasteiger partial charge in [-0.1, -0.05) is 27.7 Å². The van der Waals surface area contributed by atoms with Crippen LogP contribution in [0.15, 0.2) is 0 Å². The first-order valence-electron chi connectivity index (χ1n) is 8.17. The Morgan fingerprint density at radius 2 is 1.82 bits per heavy atom. The Labute approximate surface area is 135 Å². The topological polar surface area (TPSA) is 57.2 Å². The van der Waals surface area contributed by atoms with Crippen LogP contribution in [0.3, 0.4) is 0 Å². The average molecular weight is 333 g/mol. The van der Waals surface area contributed by atoms with E-state index in [1.54, 1.807) is 0 Å². The normalized spacial score (nSPS) is 36.4. The number of fused-ring (bicyclic) bond motifs is 1. The van der Waals surface area contributed by atoms with Crippen LogP contribution in [0.4, 0.5) is 0 Å². The zero-order valence-electron chi connectivity index (χ0n) is 15.2. The van der Waals surface area contributed by atoms with Gasteiger partial charge in [0.25, 0.3) is 0 Å². The summed E-state index contributed by atoms with van der Waals surface area (Å²) in [6, 6.07) is 0. The molecule has 130 valence electrons. The van der Waals surface area contributed by atoms with Crippen molar-refractivity contribution < 1.29 is 23.7 Å². The standard InChI is InChI=1S/C16H32O5Si/c1-10(9-18-22(7,8)15(2,3)4)12-11(17)13-14(19-12)21-16(5,6)20-13/h10-14,17H,9H2,1-8H3/t10-,11-,12+,13+,14+/m0/s1. The van der Waals surface area contributed by atoms with Crippen LogP contribution in [0.1, 0.15) is 41.5 Å².